The van der Waals surface area contributed by atoms with Crippen LogP contribution in [0.2, 0.25) is 0 Å². The number of carbonyl (C=O) groups excluding carboxylic acids is 2. The summed E-state index contributed by atoms with van der Waals surface area (Å²) in [6.45, 7) is 0. The minimum atomic E-state index is -0.958. The van der Waals surface area contributed by atoms with Crippen molar-refractivity contribution in [2.24, 2.45) is 0 Å². The van der Waals surface area contributed by atoms with Gasteiger partial charge in [0.05, 0.1) is 42.8 Å². The van der Waals surface area contributed by atoms with E-state index in [1.54, 1.807) is 0 Å². The zero-order chi connectivity index (χ0) is 23.4. The quantitative estimate of drug-likeness (QED) is 0.511. The number of methoxy groups -OCH3 is 2. The summed E-state index contributed by atoms with van der Waals surface area (Å²) < 4.78 is 64.3. The topological polar surface area (TPSA) is 76.7 Å². The Labute approximate surface area is 180 Å². The van der Waals surface area contributed by atoms with Gasteiger partial charge in [-0.25, -0.2) is 27.2 Å². The van der Waals surface area contributed by atoms with Gasteiger partial charge in [-0.3, -0.25) is 0 Å². The fourth-order valence-electron chi connectivity index (χ4n) is 3.17. The second kappa shape index (κ2) is 9.54. The lowest BCUT2D eigenvalue weighted by molar-refractivity contribution is -0.138. The highest BCUT2D eigenvalue weighted by Gasteiger charge is 2.32. The van der Waals surface area contributed by atoms with Gasteiger partial charge in [0, 0.05) is 24.3 Å². The van der Waals surface area contributed by atoms with E-state index in [2.05, 4.69) is 10.6 Å². The molecule has 0 heterocycles. The van der Waals surface area contributed by atoms with Gasteiger partial charge in [-0.2, -0.15) is 0 Å². The van der Waals surface area contributed by atoms with E-state index in [1.807, 2.05) is 0 Å². The Morgan fingerprint density at radius 1 is 0.875 bits per heavy atom. The number of esters is 2. The van der Waals surface area contributed by atoms with Crippen LogP contribution in [0.4, 0.5) is 28.9 Å². The highest BCUT2D eigenvalue weighted by atomic mass is 19.1. The first-order valence-electron chi connectivity index (χ1n) is 9.28. The number of allylic oxidation sites excluding steroid dienone is 1. The number of anilines is 2. The second-order valence-corrected chi connectivity index (χ2v) is 6.75. The smallest absolute Gasteiger partial charge is 0.335 e. The maximum atomic E-state index is 14.2. The van der Waals surface area contributed by atoms with Gasteiger partial charge < -0.3 is 20.1 Å². The van der Waals surface area contributed by atoms with E-state index in [-0.39, 0.29) is 34.6 Å². The standard InChI is InChI=1S/C22H18F4N2O4/c1-31-21(29)13-9-20(28-18-6-4-12(24)8-16(18)26)14(22(30)32-2)10-19(13)27-17-5-3-11(23)7-15(17)25/h3-9,19,27-28H,10H2,1-2H3. The highest BCUT2D eigenvalue weighted by molar-refractivity contribution is 5.97. The molecule has 0 spiro atoms. The van der Waals surface area contributed by atoms with Crippen molar-refractivity contribution in [1.82, 2.24) is 0 Å². The lowest BCUT2D eigenvalue weighted by Gasteiger charge is -2.28. The van der Waals surface area contributed by atoms with Crippen LogP contribution in [-0.2, 0) is 19.1 Å². The molecule has 3 rings (SSSR count). The summed E-state index contributed by atoms with van der Waals surface area (Å²) in [5, 5.41) is 5.41. The zero-order valence-electron chi connectivity index (χ0n) is 17.0. The van der Waals surface area contributed by atoms with Crippen molar-refractivity contribution in [3.63, 3.8) is 0 Å². The monoisotopic (exact) mass is 450 g/mol. The molecule has 2 N–H and O–H groups in total. The van der Waals surface area contributed by atoms with E-state index in [9.17, 15) is 27.2 Å². The fraction of sp³-hybridized carbons (Fsp3) is 0.182. The van der Waals surface area contributed by atoms with Gasteiger partial charge in [0.2, 0.25) is 0 Å². The number of rotatable bonds is 6. The molecule has 1 unspecified atom stereocenters. The Morgan fingerprint density at radius 2 is 1.44 bits per heavy atom. The van der Waals surface area contributed by atoms with Crippen molar-refractivity contribution < 1.29 is 36.6 Å². The minimum absolute atomic E-state index is 0.00361. The molecule has 0 aliphatic heterocycles. The first kappa shape index (κ1) is 22.9. The van der Waals surface area contributed by atoms with E-state index >= 15 is 0 Å². The van der Waals surface area contributed by atoms with Crippen molar-refractivity contribution >= 4 is 23.3 Å². The molecular weight excluding hydrogens is 432 g/mol. The third-order valence-electron chi connectivity index (χ3n) is 4.72. The molecule has 10 heteroatoms. The van der Waals surface area contributed by atoms with Crippen molar-refractivity contribution in [1.29, 1.82) is 0 Å². The average Bonchev–Trinajstić information content (AvgIpc) is 2.76. The van der Waals surface area contributed by atoms with Gasteiger partial charge in [-0.1, -0.05) is 0 Å². The minimum Gasteiger partial charge on any atom is -0.466 e. The van der Waals surface area contributed by atoms with Crippen LogP contribution < -0.4 is 10.6 Å². The molecule has 168 valence electrons. The second-order valence-electron chi connectivity index (χ2n) is 6.75. The molecule has 2 aromatic carbocycles. The van der Waals surface area contributed by atoms with Crippen LogP contribution in [0, 0.1) is 23.3 Å². The van der Waals surface area contributed by atoms with E-state index in [0.717, 1.165) is 38.5 Å². The van der Waals surface area contributed by atoms with Gasteiger partial charge in [-0.05, 0) is 30.3 Å². The lowest BCUT2D eigenvalue weighted by atomic mass is 9.90. The number of hydrogen-bond acceptors (Lipinski definition) is 6. The molecule has 1 aliphatic rings. The van der Waals surface area contributed by atoms with Gasteiger partial charge in [0.25, 0.3) is 0 Å². The third kappa shape index (κ3) is 4.90. The summed E-state index contributed by atoms with van der Waals surface area (Å²) in [7, 11) is 2.26. The molecule has 6 nitrogen and oxygen atoms in total. The summed E-state index contributed by atoms with van der Waals surface area (Å²) in [4.78, 5) is 24.8. The summed E-state index contributed by atoms with van der Waals surface area (Å²) >= 11 is 0. The fourth-order valence-corrected chi connectivity index (χ4v) is 3.17. The van der Waals surface area contributed by atoms with Gasteiger partial charge >= 0.3 is 11.9 Å². The molecule has 0 amide bonds. The Balaban J connectivity index is 2.03. The molecule has 0 saturated carbocycles. The average molecular weight is 450 g/mol. The van der Waals surface area contributed by atoms with Crippen molar-refractivity contribution in [3.05, 3.63) is 82.6 Å². The SMILES string of the molecule is COC(=O)C1=CC(Nc2ccc(F)cc2F)=C(C(=O)OC)CC1Nc1ccc(F)cc1F. The van der Waals surface area contributed by atoms with Crippen LogP contribution in [0.25, 0.3) is 0 Å². The number of ether oxygens (including phenoxy) is 2. The van der Waals surface area contributed by atoms with Crippen LogP contribution in [0.1, 0.15) is 6.42 Å². The molecule has 0 saturated heterocycles. The molecule has 0 radical (unpaired) electrons. The first-order chi connectivity index (χ1) is 15.2. The number of nitrogens with one attached hydrogen (secondary N) is 2. The molecule has 0 bridgehead atoms. The molecule has 1 aliphatic carbocycles. The Hall–Kier alpha value is -3.82. The summed E-state index contributed by atoms with van der Waals surface area (Å²) in [5.41, 5.74) is -0.270. The lowest BCUT2D eigenvalue weighted by Crippen LogP contribution is -2.33. The van der Waals surface area contributed by atoms with E-state index < -0.39 is 41.2 Å². The van der Waals surface area contributed by atoms with Crippen molar-refractivity contribution in [3.8, 4) is 0 Å². The molecule has 0 aromatic heterocycles. The van der Waals surface area contributed by atoms with Gasteiger partial charge in [0.15, 0.2) is 0 Å². The van der Waals surface area contributed by atoms with E-state index in [1.165, 1.54) is 6.08 Å². The van der Waals surface area contributed by atoms with Crippen LogP contribution in [-0.4, -0.2) is 32.2 Å². The number of carbonyl (C=O) groups is 2. The summed E-state index contributed by atoms with van der Waals surface area (Å²) in [6, 6.07) is 4.65. The van der Waals surface area contributed by atoms with Crippen LogP contribution in [0.3, 0.4) is 0 Å². The van der Waals surface area contributed by atoms with Gasteiger partial charge in [0.1, 0.15) is 23.3 Å². The first-order valence-corrected chi connectivity index (χ1v) is 9.28. The molecular formula is C22H18F4N2O4. The highest BCUT2D eigenvalue weighted by Crippen LogP contribution is 2.31. The van der Waals surface area contributed by atoms with E-state index in [0.29, 0.717) is 12.1 Å². The van der Waals surface area contributed by atoms with Crippen molar-refractivity contribution in [2.75, 3.05) is 24.9 Å². The Morgan fingerprint density at radius 3 is 1.97 bits per heavy atom. The molecule has 0 fully saturated rings. The summed E-state index contributed by atoms with van der Waals surface area (Å²) in [6.07, 6.45) is 1.04. The maximum Gasteiger partial charge on any atom is 0.335 e. The molecule has 2 aromatic rings. The number of halogens is 4. The third-order valence-corrected chi connectivity index (χ3v) is 4.72. The number of hydrogen-bond donors (Lipinski definition) is 2. The van der Waals surface area contributed by atoms with E-state index in [4.69, 9.17) is 9.47 Å². The normalized spacial score (nSPS) is 15.7. The van der Waals surface area contributed by atoms with Crippen molar-refractivity contribution in [2.45, 2.75) is 12.5 Å². The van der Waals surface area contributed by atoms with Crippen LogP contribution >= 0.6 is 0 Å². The number of benzene rings is 2. The van der Waals surface area contributed by atoms with Crippen LogP contribution in [0.15, 0.2) is 59.3 Å². The predicted molar refractivity (Wildman–Crippen MR) is 108 cm³/mol. The Bertz CT molecular complexity index is 1130. The maximum absolute atomic E-state index is 14.2. The largest absolute Gasteiger partial charge is 0.466 e. The molecule has 32 heavy (non-hydrogen) atoms. The Kier molecular flexibility index (Phi) is 6.82. The predicted octanol–water partition coefficient (Wildman–Crippen LogP) is 4.07. The van der Waals surface area contributed by atoms with Crippen LogP contribution in [0.5, 0.6) is 0 Å². The zero-order valence-corrected chi connectivity index (χ0v) is 17.0. The molecule has 1 atom stereocenters. The summed E-state index contributed by atoms with van der Waals surface area (Å²) in [5.74, 6) is -5.01. The van der Waals surface area contributed by atoms with Gasteiger partial charge in [-0.15, -0.1) is 0 Å².